The van der Waals surface area contributed by atoms with Crippen LogP contribution < -0.4 is 9.40 Å². The summed E-state index contributed by atoms with van der Waals surface area (Å²) in [6.45, 7) is 28.4. The number of rotatable bonds is 25. The highest BCUT2D eigenvalue weighted by molar-refractivity contribution is 8.23. The lowest BCUT2D eigenvalue weighted by molar-refractivity contribution is -0.384. The molecule has 0 bridgehead atoms. The van der Waals surface area contributed by atoms with Crippen LogP contribution in [-0.4, -0.2) is 98.8 Å². The zero-order valence-corrected chi connectivity index (χ0v) is 46.2. The van der Waals surface area contributed by atoms with E-state index in [2.05, 4.69) is 89.0 Å². The van der Waals surface area contributed by atoms with E-state index in [1.807, 2.05) is 41.5 Å². The number of nitrogens with one attached hydrogen (secondary N) is 1. The van der Waals surface area contributed by atoms with Crippen LogP contribution >= 0.6 is 59.9 Å². The molecule has 61 heavy (non-hydrogen) atoms. The lowest BCUT2D eigenvalue weighted by Gasteiger charge is -2.36. The Labute approximate surface area is 395 Å². The fourth-order valence-electron chi connectivity index (χ4n) is 4.99. The predicted octanol–water partition coefficient (Wildman–Crippen LogP) is 12.9. The van der Waals surface area contributed by atoms with Crippen molar-refractivity contribution in [1.82, 2.24) is 0 Å². The maximum absolute atomic E-state index is 11.0. The summed E-state index contributed by atoms with van der Waals surface area (Å²) in [5, 5.41) is 16.0. The number of aliphatic imine (C=N–C) groups is 1. The van der Waals surface area contributed by atoms with Crippen LogP contribution in [0.15, 0.2) is 58.8 Å². The number of halogens is 1. The van der Waals surface area contributed by atoms with E-state index in [-0.39, 0.29) is 10.6 Å². The second-order valence-electron chi connectivity index (χ2n) is 14.2. The van der Waals surface area contributed by atoms with Crippen LogP contribution in [0.2, 0.25) is 51.4 Å². The normalized spacial score (nSPS) is 11.3. The zero-order valence-electron chi connectivity index (χ0n) is 38.1. The molecule has 0 aliphatic rings. The summed E-state index contributed by atoms with van der Waals surface area (Å²) >= 11 is 21.7. The number of nitro benzene ring substituents is 1. The van der Waals surface area contributed by atoms with Crippen LogP contribution in [0.4, 0.5) is 17.1 Å². The maximum Gasteiger partial charge on any atom is 0.500 e. The van der Waals surface area contributed by atoms with Gasteiger partial charge in [-0.05, 0) is 109 Å². The summed E-state index contributed by atoms with van der Waals surface area (Å²) in [6.07, 6.45) is 1.85. The number of thiol groups is 1. The fourth-order valence-corrected chi connectivity index (χ4v) is 15.4. The maximum atomic E-state index is 11.0. The van der Waals surface area contributed by atoms with E-state index < -0.39 is 33.2 Å². The number of hydrogen-bond acceptors (Lipinski definition) is 16. The molecule has 0 aliphatic carbocycles. The molecular weight excluding hydrogens is 947 g/mol. The first-order chi connectivity index (χ1) is 28.7. The van der Waals surface area contributed by atoms with Crippen LogP contribution in [0.3, 0.4) is 0 Å². The third kappa shape index (κ3) is 29.6. The van der Waals surface area contributed by atoms with Crippen molar-refractivity contribution in [3.05, 3.63) is 58.6 Å². The van der Waals surface area contributed by atoms with Gasteiger partial charge in [-0.2, -0.15) is 34.2 Å². The van der Waals surface area contributed by atoms with Crippen LogP contribution in [0.5, 0.6) is 5.75 Å². The summed E-state index contributed by atoms with van der Waals surface area (Å²) in [5.74, 6) is 2.17. The molecule has 0 spiro atoms. The molecule has 14 nitrogen and oxygen atoms in total. The molecule has 1 N–H and O–H groups in total. The zero-order chi connectivity index (χ0) is 47.0. The Morgan fingerprint density at radius 1 is 0.803 bits per heavy atom. The number of benzene rings is 2. The minimum atomic E-state index is -2.64. The Balaban J connectivity index is 0. The number of non-ortho nitro benzene ring substituents is 1. The predicted molar refractivity (Wildman–Crippen MR) is 274 cm³/mol. The number of anilines is 1. The minimum absolute atomic E-state index is 0.0805. The average molecular weight is 1020 g/mol. The Bertz CT molecular complexity index is 1510. The monoisotopic (exact) mass is 1020 g/mol. The second-order valence-corrected chi connectivity index (χ2v) is 34.4. The molecular formula is C38H70ClN5O9S4Si4. The fraction of sp³-hybridized carbons (Fsp3) is 0.632. The highest BCUT2D eigenvalue weighted by atomic mass is 35.6. The Morgan fingerprint density at radius 2 is 1.21 bits per heavy atom. The number of nitrogens with zero attached hydrogens (tertiary/aromatic N) is 4. The molecule has 23 heteroatoms. The summed E-state index contributed by atoms with van der Waals surface area (Å²) in [6, 6.07) is 14.9. The summed E-state index contributed by atoms with van der Waals surface area (Å²) in [4.78, 5) is 18.8. The number of hydrogen-bond donors (Lipinski definition) is 2. The second kappa shape index (κ2) is 34.9. The van der Waals surface area contributed by atoms with Gasteiger partial charge in [0.1, 0.15) is 11.7 Å². The number of nitro groups is 1. The molecule has 2 aromatic carbocycles. The number of thiocarbonyl (C=S) groups is 2. The highest BCUT2D eigenvalue weighted by Gasteiger charge is 2.40. The van der Waals surface area contributed by atoms with E-state index in [9.17, 15) is 10.1 Å². The molecule has 2 aromatic rings. The van der Waals surface area contributed by atoms with E-state index in [4.69, 9.17) is 55.4 Å². The van der Waals surface area contributed by atoms with Gasteiger partial charge in [0.25, 0.3) is 5.69 Å². The third-order valence-corrected chi connectivity index (χ3v) is 17.3. The standard InChI is InChI=1S/C19H34N2O5S2Si2.C9H22O3SSi.C7H5N3OS.C3H9ClSi/c1-7-24-30(25-8-2,26-9-3)16-10-15-28-19(27)20(29(4,5)6)17-11-13-18(14-12-17)21(22)23;1-4-10-14(11-5-2,12-6-3)9-7-8-13;8-10-11-7-3-1-6(2-4-7)9-5-12;1-5(2,3)4/h11-14H,7-10,15-16H2,1-6H3;13H,4-9H2,1-3H3;1-4,8H;1-3H3. The van der Waals surface area contributed by atoms with Gasteiger partial charge in [0.2, 0.25) is 0 Å². The molecule has 0 heterocycles. The van der Waals surface area contributed by atoms with Crippen molar-refractivity contribution < 1.29 is 36.3 Å². The van der Waals surface area contributed by atoms with Crippen molar-refractivity contribution in [2.75, 3.05) is 55.7 Å². The van der Waals surface area contributed by atoms with Crippen molar-refractivity contribution in [2.45, 2.75) is 106 Å². The summed E-state index contributed by atoms with van der Waals surface area (Å²) < 4.78 is 37.7. The van der Waals surface area contributed by atoms with E-state index in [0.717, 1.165) is 46.4 Å². The number of isothiocyanates is 1. The molecule has 0 amide bonds. The van der Waals surface area contributed by atoms with Crippen molar-refractivity contribution in [1.29, 1.82) is 5.53 Å². The summed E-state index contributed by atoms with van der Waals surface area (Å²) in [7, 11) is -7.98. The Morgan fingerprint density at radius 3 is 1.54 bits per heavy atom. The van der Waals surface area contributed by atoms with Gasteiger partial charge in [-0.25, -0.2) is 0 Å². The molecule has 348 valence electrons. The quantitative estimate of drug-likeness (QED) is 0.0111. The Hall–Kier alpha value is -1.45. The number of thioether (sulfide) groups is 1. The van der Waals surface area contributed by atoms with Crippen molar-refractivity contribution in [2.24, 2.45) is 10.3 Å². The first kappa shape index (κ1) is 61.6. The lowest BCUT2D eigenvalue weighted by atomic mass is 10.3. The first-order valence-corrected chi connectivity index (χ1v) is 34.5. The highest BCUT2D eigenvalue weighted by Crippen LogP contribution is 2.29. The van der Waals surface area contributed by atoms with Crippen molar-refractivity contribution in [3.8, 4) is 5.75 Å². The summed E-state index contributed by atoms with van der Waals surface area (Å²) in [5.41, 5.74) is 8.10. The largest absolute Gasteiger partial charge is 0.500 e. The molecule has 0 atom stereocenters. The van der Waals surface area contributed by atoms with E-state index in [1.165, 1.54) is 12.1 Å². The van der Waals surface area contributed by atoms with Crippen molar-refractivity contribution >= 4 is 120 Å². The first-order valence-electron chi connectivity index (χ1n) is 20.3. The van der Waals surface area contributed by atoms with Crippen molar-refractivity contribution in [3.63, 3.8) is 0 Å². The molecule has 0 saturated heterocycles. The van der Waals surface area contributed by atoms with E-state index >= 15 is 0 Å². The molecule has 0 radical (unpaired) electrons. The topological polar surface area (TPSA) is 160 Å². The third-order valence-electron chi connectivity index (χ3n) is 7.01. The molecule has 0 saturated carbocycles. The van der Waals surface area contributed by atoms with E-state index in [1.54, 1.807) is 48.2 Å². The van der Waals surface area contributed by atoms with Crippen LogP contribution in [0.1, 0.15) is 54.4 Å². The average Bonchev–Trinajstić information content (AvgIpc) is 3.17. The van der Waals surface area contributed by atoms with Crippen LogP contribution in [0.25, 0.3) is 0 Å². The van der Waals surface area contributed by atoms with Gasteiger partial charge < -0.3 is 36.0 Å². The van der Waals surface area contributed by atoms with Gasteiger partial charge in [-0.15, -0.1) is 0 Å². The van der Waals surface area contributed by atoms with E-state index in [0.29, 0.717) is 51.1 Å². The van der Waals surface area contributed by atoms with Gasteiger partial charge in [0.15, 0.2) is 14.0 Å². The van der Waals surface area contributed by atoms with Crippen LogP contribution in [0, 0.1) is 15.6 Å². The lowest BCUT2D eigenvalue weighted by Crippen LogP contribution is -2.48. The van der Waals surface area contributed by atoms with Gasteiger partial charge in [-0.1, -0.05) is 63.3 Å². The molecule has 0 aliphatic heterocycles. The van der Waals surface area contributed by atoms with Gasteiger partial charge in [0.05, 0.1) is 15.8 Å². The van der Waals surface area contributed by atoms with Gasteiger partial charge >= 0.3 is 17.6 Å². The van der Waals surface area contributed by atoms with Gasteiger partial charge in [0, 0.05) is 80.6 Å². The molecule has 0 unspecified atom stereocenters. The van der Waals surface area contributed by atoms with Crippen LogP contribution in [-0.2, 0) is 26.6 Å². The molecule has 0 fully saturated rings. The van der Waals surface area contributed by atoms with Gasteiger partial charge in [-0.3, -0.25) is 10.1 Å². The smallest absolute Gasteiger partial charge is 0.374 e. The minimum Gasteiger partial charge on any atom is -0.374 e. The molecule has 0 aromatic heterocycles. The SMILES string of the molecule is CCO[Si](CCCS)(OCC)OCC.CCO[Si](CCCSC(=S)N(c1ccc([N+](=O)[O-])cc1)[Si](C)(C)C)(OCC)OCC.C[Si](C)(C)Cl.N=NOc1ccc(N=C=S)cc1. The molecule has 2 rings (SSSR count). The Kier molecular flexibility index (Phi) is 35.3.